The van der Waals surface area contributed by atoms with Crippen LogP contribution >= 0.6 is 24.0 Å². The maximum absolute atomic E-state index is 5.93. The quantitative estimate of drug-likeness (QED) is 0.235. The summed E-state index contributed by atoms with van der Waals surface area (Å²) in [5.74, 6) is 1.74. The molecule has 0 unspecified atom stereocenters. The van der Waals surface area contributed by atoms with Gasteiger partial charge in [0.2, 0.25) is 0 Å². The lowest BCUT2D eigenvalue weighted by molar-refractivity contribution is 0.00990. The van der Waals surface area contributed by atoms with Crippen molar-refractivity contribution in [3.63, 3.8) is 0 Å². The van der Waals surface area contributed by atoms with Crippen LogP contribution in [0.4, 0.5) is 0 Å². The van der Waals surface area contributed by atoms with Crippen LogP contribution < -0.4 is 10.1 Å². The minimum Gasteiger partial charge on any atom is -0.490 e. The number of rotatable bonds is 10. The second kappa shape index (κ2) is 14.9. The summed E-state index contributed by atoms with van der Waals surface area (Å²) in [6.07, 6.45) is 6.82. The Balaban J connectivity index is 0.00000364. The van der Waals surface area contributed by atoms with E-state index >= 15 is 0 Å². The lowest BCUT2D eigenvalue weighted by Crippen LogP contribution is -2.47. The smallest absolute Gasteiger partial charge is 0.194 e. The maximum Gasteiger partial charge on any atom is 0.194 e. The van der Waals surface area contributed by atoms with Crippen LogP contribution in [0.3, 0.4) is 0 Å². The van der Waals surface area contributed by atoms with Gasteiger partial charge in [0.25, 0.3) is 0 Å². The molecule has 8 heteroatoms. The zero-order valence-electron chi connectivity index (χ0n) is 16.4. The first-order valence-electron chi connectivity index (χ1n) is 9.50. The molecule has 0 radical (unpaired) electrons. The summed E-state index contributed by atoms with van der Waals surface area (Å²) < 4.78 is 16.6. The molecule has 1 saturated heterocycles. The molecule has 0 aromatic carbocycles. The summed E-state index contributed by atoms with van der Waals surface area (Å²) in [5.41, 5.74) is 0. The van der Waals surface area contributed by atoms with Gasteiger partial charge in [-0.2, -0.15) is 0 Å². The number of aromatic nitrogens is 1. The molecule has 1 aromatic heterocycles. The van der Waals surface area contributed by atoms with Crippen LogP contribution in [0.15, 0.2) is 29.5 Å². The van der Waals surface area contributed by atoms with Crippen LogP contribution in [0, 0.1) is 0 Å². The number of nitrogens with one attached hydrogen (secondary N) is 1. The molecule has 1 aliphatic heterocycles. The summed E-state index contributed by atoms with van der Waals surface area (Å²) in [7, 11) is 1.72. The molecular weight excluding hydrogens is 459 g/mol. The Bertz CT molecular complexity index is 511. The second-order valence-electron chi connectivity index (χ2n) is 6.18. The van der Waals surface area contributed by atoms with E-state index in [9.17, 15) is 0 Å². The fourth-order valence-electron chi connectivity index (χ4n) is 2.86. The highest BCUT2D eigenvalue weighted by atomic mass is 127. The van der Waals surface area contributed by atoms with Crippen LogP contribution in [-0.4, -0.2) is 75.1 Å². The van der Waals surface area contributed by atoms with Crippen molar-refractivity contribution >= 4 is 29.9 Å². The van der Waals surface area contributed by atoms with Crippen LogP contribution in [0.2, 0.25) is 0 Å². The zero-order chi connectivity index (χ0) is 18.5. The van der Waals surface area contributed by atoms with Crippen molar-refractivity contribution in [2.75, 3.05) is 53.1 Å². The third-order valence-corrected chi connectivity index (χ3v) is 4.18. The van der Waals surface area contributed by atoms with Crippen molar-refractivity contribution in [1.82, 2.24) is 15.2 Å². The van der Waals surface area contributed by atoms with E-state index in [4.69, 9.17) is 19.2 Å². The lowest BCUT2D eigenvalue weighted by Gasteiger charge is -2.34. The van der Waals surface area contributed by atoms with Gasteiger partial charge >= 0.3 is 0 Å². The van der Waals surface area contributed by atoms with Crippen molar-refractivity contribution in [2.45, 2.75) is 32.3 Å². The predicted octanol–water partition coefficient (Wildman–Crippen LogP) is 2.56. The number of hydrogen-bond acceptors (Lipinski definition) is 5. The number of pyridine rings is 1. The highest BCUT2D eigenvalue weighted by molar-refractivity contribution is 14.0. The van der Waals surface area contributed by atoms with E-state index in [1.54, 1.807) is 19.5 Å². The average Bonchev–Trinajstić information content (AvgIpc) is 2.69. The van der Waals surface area contributed by atoms with Crippen molar-refractivity contribution in [2.24, 2.45) is 4.99 Å². The molecule has 1 fully saturated rings. The molecule has 0 spiro atoms. The lowest BCUT2D eigenvalue weighted by atomic mass is 10.1. The van der Waals surface area contributed by atoms with Crippen molar-refractivity contribution < 1.29 is 14.2 Å². The number of guanidine groups is 1. The number of halogens is 1. The first kappa shape index (κ1) is 23.9. The maximum atomic E-state index is 5.93. The topological polar surface area (TPSA) is 68.2 Å². The Morgan fingerprint density at radius 2 is 2.11 bits per heavy atom. The van der Waals surface area contributed by atoms with Crippen molar-refractivity contribution in [3.05, 3.63) is 24.5 Å². The normalized spacial score (nSPS) is 15.3. The molecule has 154 valence electrons. The molecule has 1 aromatic rings. The van der Waals surface area contributed by atoms with Gasteiger partial charge in [0.1, 0.15) is 12.4 Å². The van der Waals surface area contributed by atoms with Gasteiger partial charge in [-0.1, -0.05) is 0 Å². The van der Waals surface area contributed by atoms with Gasteiger partial charge in [-0.3, -0.25) is 4.98 Å². The Hall–Kier alpha value is -1.13. The Labute approximate surface area is 179 Å². The molecule has 7 nitrogen and oxygen atoms in total. The number of ether oxygens (including phenoxy) is 3. The molecule has 0 amide bonds. The van der Waals surface area contributed by atoms with Gasteiger partial charge in [-0.25, -0.2) is 4.99 Å². The number of hydrogen-bond donors (Lipinski definition) is 1. The van der Waals surface area contributed by atoms with Gasteiger partial charge in [-0.15, -0.1) is 24.0 Å². The molecule has 0 saturated carbocycles. The summed E-state index contributed by atoms with van der Waals surface area (Å²) in [4.78, 5) is 11.0. The molecule has 27 heavy (non-hydrogen) atoms. The Morgan fingerprint density at radius 1 is 1.30 bits per heavy atom. The van der Waals surface area contributed by atoms with Gasteiger partial charge in [-0.05, 0) is 38.3 Å². The highest BCUT2D eigenvalue weighted by Crippen LogP contribution is 2.14. The monoisotopic (exact) mass is 492 g/mol. The fourth-order valence-corrected chi connectivity index (χ4v) is 2.86. The van der Waals surface area contributed by atoms with Crippen LogP contribution in [0.25, 0.3) is 0 Å². The minimum absolute atomic E-state index is 0. The predicted molar refractivity (Wildman–Crippen MR) is 118 cm³/mol. The molecule has 1 aliphatic rings. The van der Waals surface area contributed by atoms with Gasteiger partial charge in [0.05, 0.1) is 18.8 Å². The molecule has 0 bridgehead atoms. The van der Waals surface area contributed by atoms with Gasteiger partial charge < -0.3 is 24.4 Å². The standard InChI is InChI=1S/C19H32N4O3.HI/c1-3-21-19(22-10-15-26-18-6-4-9-20-16-18)23-11-7-17(8-12-23)25-14-5-13-24-2;/h4,6,9,16-17H,3,5,7-8,10-15H2,1-2H3,(H,21,22);1H. The number of likely N-dealkylation sites (tertiary alicyclic amines) is 1. The molecular formula is C19H33IN4O3. The largest absolute Gasteiger partial charge is 0.490 e. The van der Waals surface area contributed by atoms with E-state index in [-0.39, 0.29) is 24.0 Å². The van der Waals surface area contributed by atoms with Crippen LogP contribution in [0.1, 0.15) is 26.2 Å². The SMILES string of the molecule is CCNC(=NCCOc1cccnc1)N1CCC(OCCCOC)CC1.I. The van der Waals surface area contributed by atoms with E-state index in [1.807, 2.05) is 12.1 Å². The van der Waals surface area contributed by atoms with Crippen molar-refractivity contribution in [1.29, 1.82) is 0 Å². The van der Waals surface area contributed by atoms with Gasteiger partial charge in [0, 0.05) is 46.2 Å². The van der Waals surface area contributed by atoms with Crippen LogP contribution in [-0.2, 0) is 9.47 Å². The molecule has 2 rings (SSSR count). The third-order valence-electron chi connectivity index (χ3n) is 4.18. The summed E-state index contributed by atoms with van der Waals surface area (Å²) >= 11 is 0. The Kier molecular flexibility index (Phi) is 13.2. The van der Waals surface area contributed by atoms with Crippen molar-refractivity contribution in [3.8, 4) is 5.75 Å². The van der Waals surface area contributed by atoms with E-state index in [0.717, 1.165) is 63.8 Å². The first-order chi connectivity index (χ1) is 12.8. The Morgan fingerprint density at radius 3 is 2.78 bits per heavy atom. The number of aliphatic imine (C=N–C) groups is 1. The molecule has 1 N–H and O–H groups in total. The number of piperidine rings is 1. The van der Waals surface area contributed by atoms with E-state index in [1.165, 1.54) is 0 Å². The summed E-state index contributed by atoms with van der Waals surface area (Å²) in [5, 5.41) is 3.38. The third kappa shape index (κ3) is 9.57. The molecule has 0 atom stereocenters. The average molecular weight is 492 g/mol. The zero-order valence-corrected chi connectivity index (χ0v) is 18.8. The number of methoxy groups -OCH3 is 1. The first-order valence-corrected chi connectivity index (χ1v) is 9.50. The second-order valence-corrected chi connectivity index (χ2v) is 6.18. The van der Waals surface area contributed by atoms with E-state index in [0.29, 0.717) is 19.3 Å². The minimum atomic E-state index is 0. The molecule has 0 aliphatic carbocycles. The van der Waals surface area contributed by atoms with Gasteiger partial charge in [0.15, 0.2) is 5.96 Å². The molecule has 2 heterocycles. The summed E-state index contributed by atoms with van der Waals surface area (Å²) in [6.45, 7) is 7.57. The van der Waals surface area contributed by atoms with E-state index < -0.39 is 0 Å². The fraction of sp³-hybridized carbons (Fsp3) is 0.684. The highest BCUT2D eigenvalue weighted by Gasteiger charge is 2.21. The number of nitrogens with zero attached hydrogens (tertiary/aromatic N) is 3. The van der Waals surface area contributed by atoms with Crippen LogP contribution in [0.5, 0.6) is 5.75 Å². The summed E-state index contributed by atoms with van der Waals surface area (Å²) in [6, 6.07) is 3.77. The van der Waals surface area contributed by atoms with E-state index in [2.05, 4.69) is 22.1 Å².